The lowest BCUT2D eigenvalue weighted by Crippen LogP contribution is -2.47. The Hall–Kier alpha value is 0.390. The van der Waals surface area contributed by atoms with Crippen LogP contribution in [0.2, 0.25) is 0 Å². The Morgan fingerprint density at radius 1 is 1.00 bits per heavy atom. The highest BCUT2D eigenvalue weighted by atomic mass is 31.0. The summed E-state index contributed by atoms with van der Waals surface area (Å²) in [5.41, 5.74) is 0. The second kappa shape index (κ2) is 3.87. The molecule has 0 saturated heterocycles. The summed E-state index contributed by atoms with van der Waals surface area (Å²) >= 11 is 0. The fraction of sp³-hybridized carbons (Fsp3) is 1.00. The molecule has 0 aromatic rings. The lowest BCUT2D eigenvalue weighted by atomic mass is 9.91. The molecule has 0 aliphatic carbocycles. The number of hydrogen-bond donors (Lipinski definition) is 0. The van der Waals surface area contributed by atoms with Gasteiger partial charge >= 0.3 is 0 Å². The first kappa shape index (κ1) is 11.4. The van der Waals surface area contributed by atoms with Gasteiger partial charge in [0.25, 0.3) is 0 Å². The van der Waals surface area contributed by atoms with E-state index in [4.69, 9.17) is 0 Å². The molecule has 0 saturated carbocycles. The summed E-state index contributed by atoms with van der Waals surface area (Å²) in [7, 11) is 7.28. The molecule has 0 heterocycles. The zero-order chi connectivity index (χ0) is 9.23. The molecule has 0 spiro atoms. The summed E-state index contributed by atoms with van der Waals surface area (Å²) in [5, 5.41) is 0.250. The molecule has 0 fully saturated rings. The molecule has 0 radical (unpaired) electrons. The van der Waals surface area contributed by atoms with Crippen LogP contribution in [0.25, 0.3) is 0 Å². The van der Waals surface area contributed by atoms with Crippen LogP contribution in [-0.2, 0) is 0 Å². The van der Waals surface area contributed by atoms with Gasteiger partial charge in [0.2, 0.25) is 0 Å². The molecule has 68 valence electrons. The predicted octanol–water partition coefficient (Wildman–Crippen LogP) is 2.43. The predicted molar refractivity (Wildman–Crippen MR) is 55.8 cm³/mol. The first-order valence-electron chi connectivity index (χ1n) is 4.29. The molecule has 0 aliphatic rings. The first-order chi connectivity index (χ1) is 4.83. The van der Waals surface area contributed by atoms with Crippen LogP contribution in [0.1, 0.15) is 27.7 Å². The number of nitrogens with zero attached hydrogens (tertiary/aromatic N) is 1. The van der Waals surface area contributed by atoms with Crippen molar-refractivity contribution in [3.8, 4) is 0 Å². The summed E-state index contributed by atoms with van der Waals surface area (Å²) < 4.78 is 0. The highest BCUT2D eigenvalue weighted by molar-refractivity contribution is 7.18. The smallest absolute Gasteiger partial charge is 0.0389 e. The van der Waals surface area contributed by atoms with E-state index < -0.39 is 0 Å². The van der Waals surface area contributed by atoms with E-state index in [1.54, 1.807) is 0 Å². The van der Waals surface area contributed by atoms with Crippen molar-refractivity contribution in [3.05, 3.63) is 0 Å². The Morgan fingerprint density at radius 2 is 1.27 bits per heavy atom. The summed E-state index contributed by atoms with van der Waals surface area (Å²) in [6.45, 7) is 9.08. The molecular formula is C9H22NP. The van der Waals surface area contributed by atoms with Gasteiger partial charge in [0, 0.05) is 5.28 Å². The molecule has 0 N–H and O–H groups in total. The third kappa shape index (κ3) is 2.16. The van der Waals surface area contributed by atoms with E-state index in [-0.39, 0.29) is 5.28 Å². The van der Waals surface area contributed by atoms with E-state index >= 15 is 0 Å². The van der Waals surface area contributed by atoms with Crippen LogP contribution < -0.4 is 0 Å². The highest BCUT2D eigenvalue weighted by Crippen LogP contribution is 2.37. The molecular weight excluding hydrogens is 153 g/mol. The molecule has 0 amide bonds. The summed E-state index contributed by atoms with van der Waals surface area (Å²) in [5.74, 6) is 1.34. The standard InChI is InChI=1S/C9H22NP/c1-7(2)9(11,8(3)4)10(5)6/h7-8H,11H2,1-6H3. The van der Waals surface area contributed by atoms with Crippen molar-refractivity contribution in [2.45, 2.75) is 33.0 Å². The molecule has 0 aromatic heterocycles. The van der Waals surface area contributed by atoms with Gasteiger partial charge in [-0.15, -0.1) is 9.24 Å². The minimum atomic E-state index is 0.250. The fourth-order valence-corrected chi connectivity index (χ4v) is 1.70. The van der Waals surface area contributed by atoms with E-state index in [0.29, 0.717) is 11.8 Å². The van der Waals surface area contributed by atoms with Crippen molar-refractivity contribution in [3.63, 3.8) is 0 Å². The quantitative estimate of drug-likeness (QED) is 0.595. The molecule has 0 rings (SSSR count). The second-order valence-electron chi connectivity index (χ2n) is 4.09. The van der Waals surface area contributed by atoms with Crippen molar-refractivity contribution in [1.82, 2.24) is 4.90 Å². The van der Waals surface area contributed by atoms with Gasteiger partial charge < -0.3 is 0 Å². The van der Waals surface area contributed by atoms with Gasteiger partial charge in [-0.2, -0.15) is 0 Å². The van der Waals surface area contributed by atoms with Gasteiger partial charge in [0.1, 0.15) is 0 Å². The van der Waals surface area contributed by atoms with Gasteiger partial charge in [-0.25, -0.2) is 0 Å². The minimum Gasteiger partial charge on any atom is -0.300 e. The molecule has 0 aliphatic heterocycles. The monoisotopic (exact) mass is 175 g/mol. The second-order valence-corrected chi connectivity index (χ2v) is 5.02. The van der Waals surface area contributed by atoms with Crippen LogP contribution in [-0.4, -0.2) is 24.3 Å². The third-order valence-electron chi connectivity index (χ3n) is 2.62. The Kier molecular flexibility index (Phi) is 4.00. The van der Waals surface area contributed by atoms with Gasteiger partial charge in [-0.3, -0.25) is 4.90 Å². The molecule has 1 unspecified atom stereocenters. The van der Waals surface area contributed by atoms with Crippen molar-refractivity contribution in [1.29, 1.82) is 0 Å². The van der Waals surface area contributed by atoms with E-state index in [1.807, 2.05) is 0 Å². The van der Waals surface area contributed by atoms with Crippen LogP contribution in [0.3, 0.4) is 0 Å². The summed E-state index contributed by atoms with van der Waals surface area (Å²) in [6, 6.07) is 0. The maximum Gasteiger partial charge on any atom is 0.0389 e. The molecule has 2 heteroatoms. The van der Waals surface area contributed by atoms with Crippen LogP contribution in [0.15, 0.2) is 0 Å². The average molecular weight is 175 g/mol. The van der Waals surface area contributed by atoms with Crippen molar-refractivity contribution in [2.75, 3.05) is 14.1 Å². The van der Waals surface area contributed by atoms with Gasteiger partial charge in [0.15, 0.2) is 0 Å². The van der Waals surface area contributed by atoms with Gasteiger partial charge in [-0.1, -0.05) is 27.7 Å². The maximum absolute atomic E-state index is 2.99. The Morgan fingerprint density at radius 3 is 1.27 bits per heavy atom. The van der Waals surface area contributed by atoms with Gasteiger partial charge in [-0.05, 0) is 25.9 Å². The lowest BCUT2D eigenvalue weighted by molar-refractivity contribution is 0.139. The van der Waals surface area contributed by atoms with Gasteiger partial charge in [0.05, 0.1) is 0 Å². The average Bonchev–Trinajstić information content (AvgIpc) is 1.84. The third-order valence-corrected chi connectivity index (χ3v) is 4.47. The lowest BCUT2D eigenvalue weighted by Gasteiger charge is -2.43. The zero-order valence-electron chi connectivity index (χ0n) is 8.68. The van der Waals surface area contributed by atoms with Crippen molar-refractivity contribution >= 4 is 9.24 Å². The number of hydrogen-bond acceptors (Lipinski definition) is 1. The Bertz CT molecular complexity index is 97.0. The molecule has 11 heavy (non-hydrogen) atoms. The molecule has 0 bridgehead atoms. The SMILES string of the molecule is CC(C)C(P)(C(C)C)N(C)C. The highest BCUT2D eigenvalue weighted by Gasteiger charge is 2.33. The Balaban J connectivity index is 4.53. The van der Waals surface area contributed by atoms with Crippen LogP contribution in [0.4, 0.5) is 0 Å². The maximum atomic E-state index is 2.99. The van der Waals surface area contributed by atoms with E-state index in [9.17, 15) is 0 Å². The summed E-state index contributed by atoms with van der Waals surface area (Å²) in [6.07, 6.45) is 0. The van der Waals surface area contributed by atoms with E-state index in [2.05, 4.69) is 55.9 Å². The van der Waals surface area contributed by atoms with Crippen molar-refractivity contribution < 1.29 is 0 Å². The first-order valence-corrected chi connectivity index (χ1v) is 4.87. The topological polar surface area (TPSA) is 3.24 Å². The zero-order valence-corrected chi connectivity index (χ0v) is 9.83. The molecule has 1 atom stereocenters. The molecule has 0 aromatic carbocycles. The van der Waals surface area contributed by atoms with Crippen LogP contribution in [0.5, 0.6) is 0 Å². The minimum absolute atomic E-state index is 0.250. The fourth-order valence-electron chi connectivity index (χ4n) is 1.70. The van der Waals surface area contributed by atoms with Crippen molar-refractivity contribution in [2.24, 2.45) is 11.8 Å². The Labute approximate surface area is 73.7 Å². The number of rotatable bonds is 3. The normalized spacial score (nSPS) is 13.6. The van der Waals surface area contributed by atoms with Crippen LogP contribution >= 0.6 is 9.24 Å². The van der Waals surface area contributed by atoms with Crippen LogP contribution in [0, 0.1) is 11.8 Å². The largest absolute Gasteiger partial charge is 0.300 e. The molecule has 1 nitrogen and oxygen atoms in total. The van der Waals surface area contributed by atoms with E-state index in [1.165, 1.54) is 0 Å². The summed E-state index contributed by atoms with van der Waals surface area (Å²) in [4.78, 5) is 2.30. The van der Waals surface area contributed by atoms with E-state index in [0.717, 1.165) is 0 Å².